The van der Waals surface area contributed by atoms with Gasteiger partial charge >= 0.3 is 0 Å². The quantitative estimate of drug-likeness (QED) is 0.414. The highest BCUT2D eigenvalue weighted by Crippen LogP contribution is 2.45. The van der Waals surface area contributed by atoms with Crippen LogP contribution < -0.4 is 14.2 Å². The minimum absolute atomic E-state index is 0.000379. The summed E-state index contributed by atoms with van der Waals surface area (Å²) in [5, 5.41) is 17.6. The first-order valence-electron chi connectivity index (χ1n) is 11.5. The summed E-state index contributed by atoms with van der Waals surface area (Å²) >= 11 is 0. The molecule has 2 heterocycles. The number of aliphatic hydroxyl groups is 1. The van der Waals surface area contributed by atoms with Gasteiger partial charge in [-0.3, -0.25) is 4.57 Å². The van der Waals surface area contributed by atoms with E-state index < -0.39 is 51.6 Å². The third kappa shape index (κ3) is 5.23. The van der Waals surface area contributed by atoms with Crippen molar-refractivity contribution in [2.75, 3.05) is 21.3 Å². The molecule has 37 heavy (non-hydrogen) atoms. The number of nitrogens with zero attached hydrogens (tertiary/aromatic N) is 4. The molecule has 0 radical (unpaired) electrons. The molecule has 2 atom stereocenters. The van der Waals surface area contributed by atoms with E-state index in [9.17, 15) is 22.3 Å². The lowest BCUT2D eigenvalue weighted by atomic mass is 9.77. The highest BCUT2D eigenvalue weighted by Gasteiger charge is 2.51. The molecule has 0 saturated heterocycles. The number of sulfone groups is 1. The van der Waals surface area contributed by atoms with E-state index >= 15 is 0 Å². The van der Waals surface area contributed by atoms with Crippen molar-refractivity contribution in [3.63, 3.8) is 0 Å². The van der Waals surface area contributed by atoms with Crippen LogP contribution in [-0.2, 0) is 15.6 Å². The zero-order chi connectivity index (χ0) is 27.0. The molecule has 0 unspecified atom stereocenters. The maximum absolute atomic E-state index is 13.4. The van der Waals surface area contributed by atoms with E-state index in [1.807, 2.05) is 0 Å². The molecule has 10 nitrogen and oxygen atoms in total. The minimum atomic E-state index is -4.07. The van der Waals surface area contributed by atoms with Crippen LogP contribution in [0.15, 0.2) is 36.4 Å². The first-order valence-corrected chi connectivity index (χ1v) is 13.2. The Kier molecular flexibility index (Phi) is 7.38. The molecule has 1 saturated carbocycles. The second-order valence-electron chi connectivity index (χ2n) is 8.88. The summed E-state index contributed by atoms with van der Waals surface area (Å²) < 4.78 is 71.1. The largest absolute Gasteiger partial charge is 0.494 e. The van der Waals surface area contributed by atoms with E-state index in [0.29, 0.717) is 28.8 Å². The van der Waals surface area contributed by atoms with Crippen LogP contribution in [0.25, 0.3) is 17.2 Å². The predicted molar refractivity (Wildman–Crippen MR) is 130 cm³/mol. The number of para-hydroxylation sites is 1. The zero-order valence-electron chi connectivity index (χ0n) is 20.8. The van der Waals surface area contributed by atoms with Crippen molar-refractivity contribution in [2.45, 2.75) is 42.8 Å². The molecule has 1 aliphatic rings. The van der Waals surface area contributed by atoms with Crippen LogP contribution in [0.2, 0.25) is 0 Å². The van der Waals surface area contributed by atoms with Crippen molar-refractivity contribution >= 4 is 9.84 Å². The summed E-state index contributed by atoms with van der Waals surface area (Å²) in [5.74, 6) is -3.11. The monoisotopic (exact) mass is 538 g/mol. The molecule has 1 fully saturated rings. The average molecular weight is 539 g/mol. The van der Waals surface area contributed by atoms with Gasteiger partial charge in [-0.25, -0.2) is 22.2 Å². The van der Waals surface area contributed by atoms with Crippen LogP contribution in [-0.4, -0.2) is 71.9 Å². The maximum atomic E-state index is 13.4. The van der Waals surface area contributed by atoms with Gasteiger partial charge in [-0.05, 0) is 31.0 Å². The number of alkyl halides is 2. The molecule has 3 aromatic rings. The van der Waals surface area contributed by atoms with E-state index in [1.165, 1.54) is 32.8 Å². The fourth-order valence-corrected chi connectivity index (χ4v) is 5.83. The molecule has 2 aromatic heterocycles. The molecular weight excluding hydrogens is 510 g/mol. The third-order valence-electron chi connectivity index (χ3n) is 6.50. The van der Waals surface area contributed by atoms with E-state index in [-0.39, 0.29) is 11.6 Å². The number of ether oxygens (including phenoxy) is 3. The minimum Gasteiger partial charge on any atom is -0.494 e. The molecular formula is C24H28F2N4O6S. The van der Waals surface area contributed by atoms with Gasteiger partial charge in [0, 0.05) is 18.9 Å². The van der Waals surface area contributed by atoms with Gasteiger partial charge in [0.05, 0.1) is 32.7 Å². The SMILES string of the molecule is COc1cccc(-c2nnc(CS(=O)(=O)[C@@H](C)[C@H](O)C3CC(F)(F)C3)n2-c2c(OC)cccc2OC)n1. The van der Waals surface area contributed by atoms with E-state index in [0.717, 1.165) is 0 Å². The molecule has 0 amide bonds. The van der Waals surface area contributed by atoms with Gasteiger partial charge in [0.25, 0.3) is 0 Å². The van der Waals surface area contributed by atoms with Crippen molar-refractivity contribution in [3.05, 3.63) is 42.2 Å². The molecule has 200 valence electrons. The predicted octanol–water partition coefficient (Wildman–Crippen LogP) is 3.06. The lowest BCUT2D eigenvalue weighted by Crippen LogP contribution is -2.48. The molecule has 4 rings (SSSR count). The Morgan fingerprint density at radius 2 is 1.68 bits per heavy atom. The summed E-state index contributed by atoms with van der Waals surface area (Å²) in [7, 11) is 0.301. The Hall–Kier alpha value is -3.32. The van der Waals surface area contributed by atoms with Gasteiger partial charge in [-0.15, -0.1) is 10.2 Å². The van der Waals surface area contributed by atoms with Crippen molar-refractivity contribution < 1.29 is 36.5 Å². The number of aliphatic hydroxyl groups excluding tert-OH is 1. The molecule has 0 bridgehead atoms. The smallest absolute Gasteiger partial charge is 0.248 e. The average Bonchev–Trinajstić information content (AvgIpc) is 3.27. The topological polar surface area (TPSA) is 126 Å². The van der Waals surface area contributed by atoms with E-state index in [2.05, 4.69) is 15.2 Å². The zero-order valence-corrected chi connectivity index (χ0v) is 21.6. The van der Waals surface area contributed by atoms with Crippen LogP contribution >= 0.6 is 0 Å². The molecule has 1 aliphatic carbocycles. The fourth-order valence-electron chi connectivity index (χ4n) is 4.37. The van der Waals surface area contributed by atoms with Crippen molar-refractivity contribution in [1.29, 1.82) is 0 Å². The van der Waals surface area contributed by atoms with E-state index in [1.54, 1.807) is 36.4 Å². The molecule has 13 heteroatoms. The second kappa shape index (κ2) is 10.2. The number of halogens is 2. The Balaban J connectivity index is 1.80. The number of rotatable bonds is 10. The molecule has 0 spiro atoms. The van der Waals surface area contributed by atoms with Gasteiger partial charge in [-0.1, -0.05) is 12.1 Å². The highest BCUT2D eigenvalue weighted by molar-refractivity contribution is 7.91. The number of benzene rings is 1. The third-order valence-corrected chi connectivity index (χ3v) is 8.57. The summed E-state index contributed by atoms with van der Waals surface area (Å²) in [6.07, 6.45) is -2.54. The summed E-state index contributed by atoms with van der Waals surface area (Å²) in [6, 6.07) is 10.0. The standard InChI is InChI=1S/C24H28F2N4O6S/c1-14(22(31)15-11-24(25,26)12-15)37(32,33)13-19-28-29-23(16-7-5-10-20(27-16)36-4)30(19)21-17(34-2)8-6-9-18(21)35-3/h5-10,14-15,22,31H,11-13H2,1-4H3/t14-,22-/m0/s1. The maximum Gasteiger partial charge on any atom is 0.248 e. The second-order valence-corrected chi connectivity index (χ2v) is 11.2. The van der Waals surface area contributed by atoms with Gasteiger partial charge < -0.3 is 19.3 Å². The van der Waals surface area contributed by atoms with Gasteiger partial charge in [0.2, 0.25) is 11.8 Å². The summed E-state index contributed by atoms with van der Waals surface area (Å²) in [4.78, 5) is 4.40. The van der Waals surface area contributed by atoms with Crippen LogP contribution in [0.5, 0.6) is 17.4 Å². The highest BCUT2D eigenvalue weighted by atomic mass is 32.2. The Bertz CT molecular complexity index is 1350. The number of pyridine rings is 1. The number of methoxy groups -OCH3 is 3. The Morgan fingerprint density at radius 3 is 2.24 bits per heavy atom. The van der Waals surface area contributed by atoms with E-state index in [4.69, 9.17) is 14.2 Å². The fraction of sp³-hybridized carbons (Fsp3) is 0.458. The molecule has 0 aliphatic heterocycles. The van der Waals surface area contributed by atoms with Crippen molar-refractivity contribution in [3.8, 4) is 34.6 Å². The van der Waals surface area contributed by atoms with Crippen LogP contribution in [0.4, 0.5) is 8.78 Å². The van der Waals surface area contributed by atoms with Gasteiger partial charge in [-0.2, -0.15) is 0 Å². The van der Waals surface area contributed by atoms with Crippen molar-refractivity contribution in [1.82, 2.24) is 19.7 Å². The Morgan fingerprint density at radius 1 is 1.05 bits per heavy atom. The number of hydrogen-bond donors (Lipinski definition) is 1. The van der Waals surface area contributed by atoms with Crippen LogP contribution in [0, 0.1) is 5.92 Å². The normalized spacial score (nSPS) is 17.1. The first kappa shape index (κ1) is 26.7. The van der Waals surface area contributed by atoms with Crippen LogP contribution in [0.1, 0.15) is 25.6 Å². The Labute approximate surface area is 213 Å². The number of hydrogen-bond acceptors (Lipinski definition) is 9. The first-order chi connectivity index (χ1) is 17.5. The summed E-state index contributed by atoms with van der Waals surface area (Å²) in [5.41, 5.74) is 0.683. The van der Waals surface area contributed by atoms with Crippen molar-refractivity contribution in [2.24, 2.45) is 5.92 Å². The summed E-state index contributed by atoms with van der Waals surface area (Å²) in [6.45, 7) is 1.31. The van der Waals surface area contributed by atoms with Crippen LogP contribution in [0.3, 0.4) is 0 Å². The number of aromatic nitrogens is 4. The van der Waals surface area contributed by atoms with Gasteiger partial charge in [0.1, 0.15) is 28.6 Å². The lowest BCUT2D eigenvalue weighted by Gasteiger charge is -2.39. The van der Waals surface area contributed by atoms with Gasteiger partial charge in [0.15, 0.2) is 21.5 Å². The molecule has 1 N–H and O–H groups in total. The molecule has 1 aromatic carbocycles. The lowest BCUT2D eigenvalue weighted by molar-refractivity contribution is -0.140.